The molecule has 1 aliphatic heterocycles. The molecule has 2 aromatic heterocycles. The first-order valence-electron chi connectivity index (χ1n) is 10.8. The Bertz CT molecular complexity index is 1260. The summed E-state index contributed by atoms with van der Waals surface area (Å²) in [7, 11) is 0. The summed E-state index contributed by atoms with van der Waals surface area (Å²) in [6.07, 6.45) is 4.49. The summed E-state index contributed by atoms with van der Waals surface area (Å²) >= 11 is 1.66. The van der Waals surface area contributed by atoms with Crippen molar-refractivity contribution in [3.05, 3.63) is 105 Å². The van der Waals surface area contributed by atoms with Gasteiger partial charge in [-0.1, -0.05) is 12.1 Å². The number of hydrogen-bond donors (Lipinski definition) is 2. The number of dihydropyridines is 1. The topological polar surface area (TPSA) is 71.1 Å². The number of rotatable bonds is 4. The molecule has 0 spiro atoms. The lowest BCUT2D eigenvalue weighted by Gasteiger charge is -2.36. The third-order valence-electron chi connectivity index (χ3n) is 6.14. The summed E-state index contributed by atoms with van der Waals surface area (Å²) in [5, 5.41) is 8.25. The molecule has 1 amide bonds. The number of pyridine rings is 1. The number of thiophene rings is 1. The zero-order valence-electron chi connectivity index (χ0n) is 18.0. The predicted molar refractivity (Wildman–Crippen MR) is 126 cm³/mol. The van der Waals surface area contributed by atoms with Crippen LogP contribution >= 0.6 is 11.3 Å². The number of allylic oxidation sites excluding steroid dienone is 3. The molecule has 2 aliphatic rings. The molecule has 0 unspecified atom stereocenters. The fraction of sp³-hybridized carbons (Fsp3) is 0.192. The monoisotopic (exact) mass is 459 g/mol. The van der Waals surface area contributed by atoms with Crippen LogP contribution in [0.25, 0.3) is 0 Å². The third kappa shape index (κ3) is 4.12. The number of benzene rings is 1. The van der Waals surface area contributed by atoms with Crippen molar-refractivity contribution < 1.29 is 14.0 Å². The minimum atomic E-state index is -0.521. The number of hydrogen-bond acceptors (Lipinski definition) is 5. The van der Waals surface area contributed by atoms with Gasteiger partial charge < -0.3 is 10.6 Å². The Labute approximate surface area is 195 Å². The van der Waals surface area contributed by atoms with Gasteiger partial charge in [-0.2, -0.15) is 0 Å². The van der Waals surface area contributed by atoms with Crippen LogP contribution in [0.3, 0.4) is 0 Å². The van der Waals surface area contributed by atoms with Gasteiger partial charge in [-0.05, 0) is 60.7 Å². The Morgan fingerprint density at radius 3 is 2.67 bits per heavy atom. The van der Waals surface area contributed by atoms with E-state index in [-0.39, 0.29) is 23.4 Å². The molecule has 0 bridgehead atoms. The number of anilines is 1. The summed E-state index contributed by atoms with van der Waals surface area (Å²) in [4.78, 5) is 32.3. The van der Waals surface area contributed by atoms with Gasteiger partial charge in [0.1, 0.15) is 5.82 Å². The van der Waals surface area contributed by atoms with E-state index in [4.69, 9.17) is 0 Å². The maximum absolute atomic E-state index is 13.5. The van der Waals surface area contributed by atoms with Crippen LogP contribution in [0.2, 0.25) is 0 Å². The van der Waals surface area contributed by atoms with Crippen LogP contribution in [0.1, 0.15) is 42.0 Å². The number of carbonyl (C=O) groups is 2. The molecule has 0 saturated heterocycles. The summed E-state index contributed by atoms with van der Waals surface area (Å²) in [6, 6.07) is 13.4. The molecule has 1 aromatic carbocycles. The van der Waals surface area contributed by atoms with Gasteiger partial charge in [0.15, 0.2) is 5.78 Å². The van der Waals surface area contributed by atoms with E-state index in [9.17, 15) is 14.0 Å². The molecule has 166 valence electrons. The first kappa shape index (κ1) is 21.3. The third-order valence-corrected chi connectivity index (χ3v) is 7.17. The largest absolute Gasteiger partial charge is 0.362 e. The smallest absolute Gasteiger partial charge is 0.254 e. The van der Waals surface area contributed by atoms with Crippen molar-refractivity contribution >= 4 is 28.7 Å². The fourth-order valence-electron chi connectivity index (χ4n) is 4.68. The van der Waals surface area contributed by atoms with E-state index in [2.05, 4.69) is 21.7 Å². The van der Waals surface area contributed by atoms with Crippen LogP contribution in [0.15, 0.2) is 88.8 Å². The van der Waals surface area contributed by atoms with E-state index in [1.807, 2.05) is 30.5 Å². The van der Waals surface area contributed by atoms with Gasteiger partial charge >= 0.3 is 0 Å². The van der Waals surface area contributed by atoms with Gasteiger partial charge in [0.05, 0.1) is 0 Å². The molecule has 0 fully saturated rings. The van der Waals surface area contributed by atoms with E-state index < -0.39 is 5.92 Å². The zero-order chi connectivity index (χ0) is 22.9. The summed E-state index contributed by atoms with van der Waals surface area (Å²) in [5.41, 5.74) is 3.94. The molecule has 3 aromatic rings. The second-order valence-electron chi connectivity index (χ2n) is 8.28. The van der Waals surface area contributed by atoms with Gasteiger partial charge in [0.2, 0.25) is 0 Å². The van der Waals surface area contributed by atoms with Gasteiger partial charge in [0, 0.05) is 63.8 Å². The highest BCUT2D eigenvalue weighted by Gasteiger charge is 2.41. The first-order valence-corrected chi connectivity index (χ1v) is 11.6. The number of carbonyl (C=O) groups excluding carboxylic acids is 2. The van der Waals surface area contributed by atoms with Gasteiger partial charge in [0.25, 0.3) is 5.91 Å². The number of Topliss-reactive ketones (excluding diaryl/α,β-unsaturated/α-hetero) is 1. The highest BCUT2D eigenvalue weighted by atomic mass is 32.1. The lowest BCUT2D eigenvalue weighted by Crippen LogP contribution is -2.37. The Kier molecular flexibility index (Phi) is 5.64. The Morgan fingerprint density at radius 1 is 1.15 bits per heavy atom. The average Bonchev–Trinajstić information content (AvgIpc) is 3.35. The van der Waals surface area contributed by atoms with Crippen molar-refractivity contribution in [2.75, 3.05) is 5.32 Å². The fourth-order valence-corrected chi connectivity index (χ4v) is 5.51. The Morgan fingerprint density at radius 2 is 1.97 bits per heavy atom. The maximum Gasteiger partial charge on any atom is 0.254 e. The maximum atomic E-state index is 13.5. The van der Waals surface area contributed by atoms with Crippen LogP contribution in [0.5, 0.6) is 0 Å². The average molecular weight is 460 g/mol. The van der Waals surface area contributed by atoms with Crippen LogP contribution in [-0.2, 0) is 9.59 Å². The van der Waals surface area contributed by atoms with Crippen LogP contribution < -0.4 is 10.6 Å². The highest BCUT2D eigenvalue weighted by Crippen LogP contribution is 2.46. The van der Waals surface area contributed by atoms with E-state index >= 15 is 0 Å². The molecule has 33 heavy (non-hydrogen) atoms. The molecule has 7 heteroatoms. The number of aromatic nitrogens is 1. The first-order chi connectivity index (χ1) is 16.0. The molecule has 5 nitrogen and oxygen atoms in total. The molecule has 5 rings (SSSR count). The Hall–Kier alpha value is -3.58. The van der Waals surface area contributed by atoms with Gasteiger partial charge in [-0.3, -0.25) is 14.6 Å². The minimum Gasteiger partial charge on any atom is -0.362 e. The summed E-state index contributed by atoms with van der Waals surface area (Å²) < 4.78 is 13.3. The van der Waals surface area contributed by atoms with Crippen molar-refractivity contribution in [1.29, 1.82) is 0 Å². The predicted octanol–water partition coefficient (Wildman–Crippen LogP) is 5.28. The van der Waals surface area contributed by atoms with Crippen molar-refractivity contribution in [1.82, 2.24) is 10.3 Å². The number of amides is 1. The SMILES string of the molecule is CC1=C(C(=O)Nc2ccc(F)cc2)[C@H](c2cccnc2)C2=C(C[C@@H](c3cccs3)CC2=O)N1. The van der Waals surface area contributed by atoms with E-state index in [0.717, 1.165) is 11.3 Å². The van der Waals surface area contributed by atoms with E-state index in [1.54, 1.807) is 23.7 Å². The van der Waals surface area contributed by atoms with Gasteiger partial charge in [-0.15, -0.1) is 11.3 Å². The van der Waals surface area contributed by atoms with Crippen molar-refractivity contribution in [3.8, 4) is 0 Å². The number of nitrogens with one attached hydrogen (secondary N) is 2. The molecule has 0 saturated carbocycles. The summed E-state index contributed by atoms with van der Waals surface area (Å²) in [6.45, 7) is 1.85. The van der Waals surface area contributed by atoms with Crippen molar-refractivity contribution in [2.24, 2.45) is 0 Å². The molecule has 2 N–H and O–H groups in total. The van der Waals surface area contributed by atoms with E-state index in [1.165, 1.54) is 29.1 Å². The van der Waals surface area contributed by atoms with E-state index in [0.29, 0.717) is 35.4 Å². The quantitative estimate of drug-likeness (QED) is 0.557. The van der Waals surface area contributed by atoms with Crippen LogP contribution in [0, 0.1) is 5.82 Å². The zero-order valence-corrected chi connectivity index (χ0v) is 18.8. The molecule has 0 radical (unpaired) electrons. The number of nitrogens with zero attached hydrogens (tertiary/aromatic N) is 1. The number of ketones is 1. The highest BCUT2D eigenvalue weighted by molar-refractivity contribution is 7.10. The second-order valence-corrected chi connectivity index (χ2v) is 9.26. The lowest BCUT2D eigenvalue weighted by atomic mass is 9.73. The molecule has 1 aliphatic carbocycles. The number of halogens is 1. The molecule has 3 heterocycles. The molecular formula is C26H22FN3O2S. The van der Waals surface area contributed by atoms with Crippen molar-refractivity contribution in [2.45, 2.75) is 31.6 Å². The van der Waals surface area contributed by atoms with Crippen LogP contribution in [-0.4, -0.2) is 16.7 Å². The molecular weight excluding hydrogens is 437 g/mol. The van der Waals surface area contributed by atoms with Gasteiger partial charge in [-0.25, -0.2) is 4.39 Å². The second kappa shape index (κ2) is 8.75. The minimum absolute atomic E-state index is 0.0376. The van der Waals surface area contributed by atoms with Crippen molar-refractivity contribution in [3.63, 3.8) is 0 Å². The normalized spacial score (nSPS) is 20.4. The summed E-state index contributed by atoms with van der Waals surface area (Å²) in [5.74, 6) is -1.07. The molecule has 2 atom stereocenters. The standard InChI is InChI=1S/C26H22FN3O2S/c1-15-23(26(32)30-19-8-6-18(27)7-9-19)24(16-4-2-10-28-14-16)25-20(29-15)12-17(13-21(25)31)22-5-3-11-33-22/h2-11,14,17,24,29H,12-13H2,1H3,(H,30,32)/t17-,24+/m1/s1. The lowest BCUT2D eigenvalue weighted by molar-refractivity contribution is -0.116. The Balaban J connectivity index is 1.54. The van der Waals surface area contributed by atoms with Crippen LogP contribution in [0.4, 0.5) is 10.1 Å².